The van der Waals surface area contributed by atoms with Crippen molar-refractivity contribution in [3.8, 4) is 5.75 Å². The first-order chi connectivity index (χ1) is 18.2. The molecule has 0 spiro atoms. The summed E-state index contributed by atoms with van der Waals surface area (Å²) in [4.78, 5) is 23.8. The van der Waals surface area contributed by atoms with Gasteiger partial charge in [-0.15, -0.1) is 0 Å². The van der Waals surface area contributed by atoms with E-state index in [0.29, 0.717) is 36.6 Å². The molecule has 218 valence electrons. The van der Waals surface area contributed by atoms with Crippen molar-refractivity contribution in [1.82, 2.24) is 10.6 Å². The number of aliphatic hydroxyl groups excluding tert-OH is 1. The third kappa shape index (κ3) is 15.8. The van der Waals surface area contributed by atoms with Crippen LogP contribution >= 0.6 is 0 Å². The summed E-state index contributed by atoms with van der Waals surface area (Å²) in [5.41, 5.74) is 0.564. The summed E-state index contributed by atoms with van der Waals surface area (Å²) in [7, 11) is 1.34. The first-order valence-corrected chi connectivity index (χ1v) is 14.4. The number of rotatable bonds is 20. The maximum Gasteiger partial charge on any atom is 0.407 e. The number of methoxy groups -OCH3 is 1. The Bertz CT molecular complexity index is 793. The first kappa shape index (κ1) is 33.7. The molecule has 1 atom stereocenters. The Morgan fingerprint density at radius 3 is 2.11 bits per heavy atom. The van der Waals surface area contributed by atoms with Crippen LogP contribution in [0.1, 0.15) is 120 Å². The summed E-state index contributed by atoms with van der Waals surface area (Å²) in [6.45, 7) is 10.2. The van der Waals surface area contributed by atoms with E-state index in [1.807, 2.05) is 20.8 Å². The van der Waals surface area contributed by atoms with Crippen molar-refractivity contribution in [1.29, 1.82) is 0 Å². The normalized spacial score (nSPS) is 12.2. The molecule has 3 N–H and O–H groups in total. The highest BCUT2D eigenvalue weighted by molar-refractivity contribution is 5.92. The summed E-state index contributed by atoms with van der Waals surface area (Å²) in [5, 5.41) is 16.7. The Hall–Kier alpha value is -2.32. The maximum atomic E-state index is 12.2. The quantitative estimate of drug-likeness (QED) is 0.132. The van der Waals surface area contributed by atoms with E-state index in [2.05, 4.69) is 17.6 Å². The molecule has 0 saturated carbocycles. The minimum Gasteiger partial charge on any atom is -0.493 e. The van der Waals surface area contributed by atoms with Gasteiger partial charge in [0.2, 0.25) is 0 Å². The fourth-order valence-corrected chi connectivity index (χ4v) is 3.95. The fourth-order valence-electron chi connectivity index (χ4n) is 3.95. The van der Waals surface area contributed by atoms with Crippen molar-refractivity contribution >= 4 is 12.1 Å². The van der Waals surface area contributed by atoms with Crippen molar-refractivity contribution in [2.24, 2.45) is 0 Å². The van der Waals surface area contributed by atoms with Crippen LogP contribution in [0.25, 0.3) is 0 Å². The number of unbranched alkanes of at least 4 members (excludes halogenated alkanes) is 9. The van der Waals surface area contributed by atoms with Gasteiger partial charge in [-0.1, -0.05) is 64.4 Å². The van der Waals surface area contributed by atoms with Crippen molar-refractivity contribution in [3.05, 3.63) is 29.3 Å². The van der Waals surface area contributed by atoms with E-state index in [1.54, 1.807) is 18.2 Å². The number of amides is 1. The van der Waals surface area contributed by atoms with Gasteiger partial charge in [0.15, 0.2) is 0 Å². The highest BCUT2D eigenvalue weighted by atomic mass is 16.6. The number of benzene rings is 1. The van der Waals surface area contributed by atoms with Crippen LogP contribution in [0.4, 0.5) is 4.79 Å². The highest BCUT2D eigenvalue weighted by Crippen LogP contribution is 2.25. The predicted molar refractivity (Wildman–Crippen MR) is 152 cm³/mol. The van der Waals surface area contributed by atoms with Crippen LogP contribution < -0.4 is 15.4 Å². The molecule has 0 aliphatic rings. The number of carbonyl (C=O) groups excluding carboxylic acids is 2. The summed E-state index contributed by atoms with van der Waals surface area (Å²) < 4.78 is 15.8. The van der Waals surface area contributed by atoms with E-state index < -0.39 is 17.7 Å². The zero-order chi connectivity index (χ0) is 28.2. The van der Waals surface area contributed by atoms with Crippen LogP contribution in [0.3, 0.4) is 0 Å². The van der Waals surface area contributed by atoms with Crippen LogP contribution in [-0.2, 0) is 9.47 Å². The Balaban J connectivity index is 2.10. The van der Waals surface area contributed by atoms with Crippen LogP contribution in [0, 0.1) is 0 Å². The first-order valence-electron chi connectivity index (χ1n) is 14.4. The lowest BCUT2D eigenvalue weighted by Gasteiger charge is -2.19. The minimum atomic E-state index is -0.706. The van der Waals surface area contributed by atoms with Crippen LogP contribution in [0.15, 0.2) is 18.2 Å². The number of hydrogen-bond acceptors (Lipinski definition) is 7. The van der Waals surface area contributed by atoms with Gasteiger partial charge in [-0.05, 0) is 64.3 Å². The smallest absolute Gasteiger partial charge is 0.407 e. The molecule has 8 nitrogen and oxygen atoms in total. The molecule has 1 aromatic carbocycles. The average molecular weight is 537 g/mol. The minimum absolute atomic E-state index is 0.337. The lowest BCUT2D eigenvalue weighted by atomic mass is 10.0. The number of alkyl carbamates (subject to hydrolysis) is 1. The predicted octanol–water partition coefficient (Wildman–Crippen LogP) is 6.31. The molecule has 1 amide bonds. The monoisotopic (exact) mass is 536 g/mol. The number of nitrogens with one attached hydrogen (secondary N) is 2. The Labute approximate surface area is 230 Å². The molecular weight excluding hydrogens is 484 g/mol. The summed E-state index contributed by atoms with van der Waals surface area (Å²) in [5.74, 6) is 0.0260. The molecule has 0 aliphatic carbocycles. The van der Waals surface area contributed by atoms with Gasteiger partial charge in [0.1, 0.15) is 16.9 Å². The fraction of sp³-hybridized carbons (Fsp3) is 0.733. The van der Waals surface area contributed by atoms with Gasteiger partial charge in [0.25, 0.3) is 0 Å². The second-order valence-corrected chi connectivity index (χ2v) is 10.8. The molecule has 0 aliphatic heterocycles. The SMILES string of the molecule is CCCCOc1ccc([C@@H](O)CNCCCCCCCCCCCNC(=O)OC(C)(C)C)cc1C(=O)OC. The second kappa shape index (κ2) is 19.7. The Morgan fingerprint density at radius 2 is 1.53 bits per heavy atom. The Kier molecular flexibility index (Phi) is 17.5. The van der Waals surface area contributed by atoms with Crippen molar-refractivity contribution in [3.63, 3.8) is 0 Å². The van der Waals surface area contributed by atoms with Crippen LogP contribution in [0.2, 0.25) is 0 Å². The average Bonchev–Trinajstić information content (AvgIpc) is 2.87. The van der Waals surface area contributed by atoms with Crippen molar-refractivity contribution in [2.75, 3.05) is 33.4 Å². The van der Waals surface area contributed by atoms with Gasteiger partial charge in [-0.3, -0.25) is 0 Å². The molecule has 0 heterocycles. The molecule has 1 aromatic rings. The highest BCUT2D eigenvalue weighted by Gasteiger charge is 2.17. The van der Waals surface area contributed by atoms with E-state index in [0.717, 1.165) is 38.6 Å². The number of aliphatic hydroxyl groups is 1. The zero-order valence-electron chi connectivity index (χ0n) is 24.4. The van der Waals surface area contributed by atoms with E-state index in [1.165, 1.54) is 45.6 Å². The van der Waals surface area contributed by atoms with Gasteiger partial charge in [0.05, 0.1) is 19.8 Å². The lowest BCUT2D eigenvalue weighted by molar-refractivity contribution is 0.0525. The topological polar surface area (TPSA) is 106 Å². The van der Waals surface area contributed by atoms with E-state index >= 15 is 0 Å². The molecule has 0 saturated heterocycles. The molecule has 0 radical (unpaired) electrons. The van der Waals surface area contributed by atoms with Gasteiger partial charge in [0, 0.05) is 13.1 Å². The molecule has 0 unspecified atom stereocenters. The van der Waals surface area contributed by atoms with Crippen LogP contribution in [-0.4, -0.2) is 56.1 Å². The summed E-state index contributed by atoms with van der Waals surface area (Å²) >= 11 is 0. The molecule has 1 rings (SSSR count). The van der Waals surface area contributed by atoms with Gasteiger partial charge < -0.3 is 30.0 Å². The van der Waals surface area contributed by atoms with Gasteiger partial charge in [-0.2, -0.15) is 0 Å². The molecule has 0 fully saturated rings. The third-order valence-corrected chi connectivity index (χ3v) is 6.09. The van der Waals surface area contributed by atoms with Crippen LogP contribution in [0.5, 0.6) is 5.75 Å². The summed E-state index contributed by atoms with van der Waals surface area (Å²) in [6, 6.07) is 5.20. The maximum absolute atomic E-state index is 12.2. The van der Waals surface area contributed by atoms with Gasteiger partial charge >= 0.3 is 12.1 Å². The molecule has 38 heavy (non-hydrogen) atoms. The van der Waals surface area contributed by atoms with E-state index in [9.17, 15) is 14.7 Å². The molecular formula is C30H52N2O6. The standard InChI is InChI=1S/C30H52N2O6/c1-6-7-21-37-27-18-17-24(22-25(27)28(34)36-5)26(33)23-31-19-15-13-11-9-8-10-12-14-16-20-32-29(35)38-30(2,3)4/h17-18,22,26,31,33H,6-16,19-21,23H2,1-5H3,(H,32,35)/t26-/m0/s1. The lowest BCUT2D eigenvalue weighted by Crippen LogP contribution is -2.32. The number of carbonyl (C=O) groups is 2. The Morgan fingerprint density at radius 1 is 0.921 bits per heavy atom. The number of esters is 1. The van der Waals surface area contributed by atoms with Gasteiger partial charge in [-0.25, -0.2) is 9.59 Å². The summed E-state index contributed by atoms with van der Waals surface area (Å²) in [6.07, 6.45) is 11.3. The second-order valence-electron chi connectivity index (χ2n) is 10.8. The third-order valence-electron chi connectivity index (χ3n) is 6.09. The van der Waals surface area contributed by atoms with E-state index in [4.69, 9.17) is 14.2 Å². The number of ether oxygens (including phenoxy) is 3. The zero-order valence-corrected chi connectivity index (χ0v) is 24.4. The van der Waals surface area contributed by atoms with Crippen molar-refractivity contribution < 1.29 is 28.9 Å². The largest absolute Gasteiger partial charge is 0.493 e. The number of hydrogen-bond donors (Lipinski definition) is 3. The van der Waals surface area contributed by atoms with E-state index in [-0.39, 0.29) is 6.09 Å². The molecule has 8 heteroatoms. The van der Waals surface area contributed by atoms with Crippen molar-refractivity contribution in [2.45, 2.75) is 110 Å². The molecule has 0 bridgehead atoms. The molecule has 0 aromatic heterocycles.